The summed E-state index contributed by atoms with van der Waals surface area (Å²) in [7, 11) is 4.31. The molecule has 0 aromatic heterocycles. The normalized spacial score (nSPS) is 13.0. The quantitative estimate of drug-likeness (QED) is 0.645. The van der Waals surface area contributed by atoms with Crippen molar-refractivity contribution in [3.05, 3.63) is 42.0 Å². The number of hydrogen-bond donors (Lipinski definition) is 1. The van der Waals surface area contributed by atoms with Crippen molar-refractivity contribution in [2.45, 2.75) is 12.8 Å². The van der Waals surface area contributed by atoms with Crippen molar-refractivity contribution in [2.24, 2.45) is 0 Å². The van der Waals surface area contributed by atoms with Crippen LogP contribution < -0.4 is 24.4 Å². The molecule has 0 atom stereocenters. The third-order valence-electron chi connectivity index (χ3n) is 4.77. The van der Waals surface area contributed by atoms with Crippen molar-refractivity contribution in [2.75, 3.05) is 44.7 Å². The van der Waals surface area contributed by atoms with Gasteiger partial charge >= 0.3 is 5.97 Å². The molecule has 1 fully saturated rings. The SMILES string of the molecule is COc1cc(OC)c(C(=O)OCC(=O)Nc2cccc(N3CCCC3=O)c2)cc1OC. The number of benzene rings is 2. The molecule has 9 nitrogen and oxygen atoms in total. The first kappa shape index (κ1) is 21.9. The molecule has 0 bridgehead atoms. The highest BCUT2D eigenvalue weighted by Crippen LogP contribution is 2.35. The predicted octanol–water partition coefficient (Wildman–Crippen LogP) is 2.63. The highest BCUT2D eigenvalue weighted by Gasteiger charge is 2.22. The number of esters is 1. The molecule has 1 N–H and O–H groups in total. The second-order valence-electron chi connectivity index (χ2n) is 6.73. The molecule has 0 unspecified atom stereocenters. The van der Waals surface area contributed by atoms with E-state index in [9.17, 15) is 14.4 Å². The smallest absolute Gasteiger partial charge is 0.342 e. The van der Waals surface area contributed by atoms with Gasteiger partial charge in [-0.2, -0.15) is 0 Å². The number of nitrogens with zero attached hydrogens (tertiary/aromatic N) is 1. The first-order valence-electron chi connectivity index (χ1n) is 9.64. The summed E-state index contributed by atoms with van der Waals surface area (Å²) in [6, 6.07) is 9.88. The molecule has 2 aromatic rings. The van der Waals surface area contributed by atoms with Crippen LogP contribution in [0.5, 0.6) is 17.2 Å². The van der Waals surface area contributed by atoms with Gasteiger partial charge in [-0.3, -0.25) is 9.59 Å². The average molecular weight is 428 g/mol. The Hall–Kier alpha value is -3.75. The van der Waals surface area contributed by atoms with E-state index in [-0.39, 0.29) is 17.2 Å². The molecule has 2 aromatic carbocycles. The summed E-state index contributed by atoms with van der Waals surface area (Å²) in [6.07, 6.45) is 1.33. The molecular weight excluding hydrogens is 404 g/mol. The standard InChI is InChI=1S/C22H24N2O7/c1-28-17-12-19(30-3)18(29-2)11-16(17)22(27)31-13-20(25)23-14-6-4-7-15(10-14)24-9-5-8-21(24)26/h4,6-7,10-12H,5,8-9,13H2,1-3H3,(H,23,25). The first-order valence-corrected chi connectivity index (χ1v) is 9.64. The van der Waals surface area contributed by atoms with Gasteiger partial charge in [0, 0.05) is 36.5 Å². The van der Waals surface area contributed by atoms with Crippen molar-refractivity contribution in [1.82, 2.24) is 0 Å². The third kappa shape index (κ3) is 5.06. The second-order valence-corrected chi connectivity index (χ2v) is 6.73. The van der Waals surface area contributed by atoms with Crippen molar-refractivity contribution in [1.29, 1.82) is 0 Å². The molecule has 0 saturated carbocycles. The van der Waals surface area contributed by atoms with Gasteiger partial charge in [-0.15, -0.1) is 0 Å². The molecule has 9 heteroatoms. The minimum absolute atomic E-state index is 0.0567. The summed E-state index contributed by atoms with van der Waals surface area (Å²) >= 11 is 0. The molecule has 0 radical (unpaired) electrons. The van der Waals surface area contributed by atoms with Crippen molar-refractivity contribution < 1.29 is 33.3 Å². The van der Waals surface area contributed by atoms with Crippen LogP contribution in [0.2, 0.25) is 0 Å². The highest BCUT2D eigenvalue weighted by molar-refractivity contribution is 5.99. The lowest BCUT2D eigenvalue weighted by atomic mass is 10.1. The lowest BCUT2D eigenvalue weighted by Gasteiger charge is -2.17. The van der Waals surface area contributed by atoms with Crippen molar-refractivity contribution >= 4 is 29.2 Å². The van der Waals surface area contributed by atoms with E-state index in [1.165, 1.54) is 33.5 Å². The molecule has 0 spiro atoms. The molecule has 1 aliphatic rings. The maximum Gasteiger partial charge on any atom is 0.342 e. The van der Waals surface area contributed by atoms with E-state index in [0.29, 0.717) is 35.8 Å². The van der Waals surface area contributed by atoms with Gasteiger partial charge < -0.3 is 29.2 Å². The van der Waals surface area contributed by atoms with Crippen LogP contribution in [-0.2, 0) is 14.3 Å². The van der Waals surface area contributed by atoms with Gasteiger partial charge in [0.25, 0.3) is 5.91 Å². The first-order chi connectivity index (χ1) is 15.0. The number of hydrogen-bond acceptors (Lipinski definition) is 7. The monoisotopic (exact) mass is 428 g/mol. The second kappa shape index (κ2) is 9.84. The number of carbonyl (C=O) groups is 3. The van der Waals surface area contributed by atoms with Gasteiger partial charge in [0.05, 0.1) is 21.3 Å². The number of anilines is 2. The van der Waals surface area contributed by atoms with E-state index >= 15 is 0 Å². The van der Waals surface area contributed by atoms with E-state index < -0.39 is 18.5 Å². The highest BCUT2D eigenvalue weighted by atomic mass is 16.5. The Bertz CT molecular complexity index is 990. The van der Waals surface area contributed by atoms with Crippen LogP contribution in [0, 0.1) is 0 Å². The fourth-order valence-electron chi connectivity index (χ4n) is 3.27. The lowest BCUT2D eigenvalue weighted by Crippen LogP contribution is -2.24. The van der Waals surface area contributed by atoms with Crippen LogP contribution in [0.25, 0.3) is 0 Å². The lowest BCUT2D eigenvalue weighted by molar-refractivity contribution is -0.119. The molecule has 0 aliphatic carbocycles. The van der Waals surface area contributed by atoms with Crippen molar-refractivity contribution in [3.8, 4) is 17.2 Å². The summed E-state index contributed by atoms with van der Waals surface area (Å²) < 4.78 is 20.7. The van der Waals surface area contributed by atoms with E-state index in [0.717, 1.165) is 6.42 Å². The molecule has 3 rings (SSSR count). The largest absolute Gasteiger partial charge is 0.496 e. The van der Waals surface area contributed by atoms with Crippen molar-refractivity contribution in [3.63, 3.8) is 0 Å². The van der Waals surface area contributed by atoms with Gasteiger partial charge in [0.1, 0.15) is 11.3 Å². The number of methoxy groups -OCH3 is 3. The van der Waals surface area contributed by atoms with Crippen LogP contribution in [0.3, 0.4) is 0 Å². The summed E-state index contributed by atoms with van der Waals surface area (Å²) in [4.78, 5) is 38.4. The Morgan fingerprint density at radius 2 is 1.71 bits per heavy atom. The molecule has 1 aliphatic heterocycles. The van der Waals surface area contributed by atoms with Gasteiger partial charge in [-0.25, -0.2) is 4.79 Å². The van der Waals surface area contributed by atoms with E-state index in [4.69, 9.17) is 18.9 Å². The number of ether oxygens (including phenoxy) is 4. The Morgan fingerprint density at radius 3 is 2.35 bits per heavy atom. The zero-order valence-corrected chi connectivity index (χ0v) is 17.6. The molecule has 1 heterocycles. The summed E-state index contributed by atoms with van der Waals surface area (Å²) in [6.45, 7) is 0.157. The number of nitrogens with one attached hydrogen (secondary N) is 1. The van der Waals surface area contributed by atoms with Crippen LogP contribution in [0.4, 0.5) is 11.4 Å². The van der Waals surface area contributed by atoms with E-state index in [1.54, 1.807) is 23.1 Å². The minimum atomic E-state index is -0.746. The Labute approximate surface area is 179 Å². The van der Waals surface area contributed by atoms with Crippen LogP contribution in [-0.4, -0.2) is 52.3 Å². The van der Waals surface area contributed by atoms with Gasteiger partial charge in [-0.05, 0) is 24.6 Å². The molecular formula is C22H24N2O7. The average Bonchev–Trinajstić information content (AvgIpc) is 3.22. The fraction of sp³-hybridized carbons (Fsp3) is 0.318. The summed E-state index contributed by atoms with van der Waals surface area (Å²) in [5.74, 6) is -0.257. The van der Waals surface area contributed by atoms with E-state index in [2.05, 4.69) is 5.32 Å². The molecule has 1 saturated heterocycles. The summed E-state index contributed by atoms with van der Waals surface area (Å²) in [5, 5.41) is 2.67. The molecule has 31 heavy (non-hydrogen) atoms. The van der Waals surface area contributed by atoms with Crippen LogP contribution >= 0.6 is 0 Å². The predicted molar refractivity (Wildman–Crippen MR) is 113 cm³/mol. The number of carbonyl (C=O) groups excluding carboxylic acids is 3. The zero-order valence-electron chi connectivity index (χ0n) is 17.6. The summed E-state index contributed by atoms with van der Waals surface area (Å²) in [5.41, 5.74) is 1.32. The topological polar surface area (TPSA) is 103 Å². The van der Waals surface area contributed by atoms with Gasteiger partial charge in [0.2, 0.25) is 5.91 Å². The maximum absolute atomic E-state index is 12.5. The Morgan fingerprint density at radius 1 is 1.00 bits per heavy atom. The minimum Gasteiger partial charge on any atom is -0.496 e. The third-order valence-corrected chi connectivity index (χ3v) is 4.77. The van der Waals surface area contributed by atoms with Crippen LogP contribution in [0.15, 0.2) is 36.4 Å². The molecule has 164 valence electrons. The fourth-order valence-corrected chi connectivity index (χ4v) is 3.27. The van der Waals surface area contributed by atoms with Gasteiger partial charge in [-0.1, -0.05) is 6.07 Å². The zero-order chi connectivity index (χ0) is 22.4. The maximum atomic E-state index is 12.5. The van der Waals surface area contributed by atoms with Crippen LogP contribution in [0.1, 0.15) is 23.2 Å². The van der Waals surface area contributed by atoms with E-state index in [1.807, 2.05) is 6.07 Å². The van der Waals surface area contributed by atoms with Gasteiger partial charge in [0.15, 0.2) is 18.1 Å². The number of rotatable bonds is 8. The number of amides is 2. The molecule has 2 amide bonds. The Balaban J connectivity index is 1.64. The Kier molecular flexibility index (Phi) is 6.96.